The third-order valence-corrected chi connectivity index (χ3v) is 4.80. The van der Waals surface area contributed by atoms with E-state index in [4.69, 9.17) is 21.1 Å². The molecule has 158 valence electrons. The first-order chi connectivity index (χ1) is 15.0. The maximum Gasteiger partial charge on any atom is 0.343 e. The van der Waals surface area contributed by atoms with Crippen LogP contribution in [-0.2, 0) is 0 Å². The maximum atomic E-state index is 12.5. The summed E-state index contributed by atoms with van der Waals surface area (Å²) in [5.41, 5.74) is 3.73. The zero-order chi connectivity index (χ0) is 22.2. The zero-order valence-corrected chi connectivity index (χ0v) is 18.8. The summed E-state index contributed by atoms with van der Waals surface area (Å²) in [5.74, 6) is 0.0552. The molecule has 3 rings (SSSR count). The van der Waals surface area contributed by atoms with Crippen LogP contribution in [0.1, 0.15) is 33.2 Å². The van der Waals surface area contributed by atoms with Gasteiger partial charge in [-0.1, -0.05) is 27.5 Å². The van der Waals surface area contributed by atoms with E-state index < -0.39 is 11.9 Å². The molecule has 0 atom stereocenters. The summed E-state index contributed by atoms with van der Waals surface area (Å²) in [6.07, 6.45) is 1.40. The Morgan fingerprint density at radius 3 is 2.39 bits per heavy atom. The van der Waals surface area contributed by atoms with E-state index >= 15 is 0 Å². The second kappa shape index (κ2) is 10.7. The fourth-order valence-corrected chi connectivity index (χ4v) is 3.06. The van der Waals surface area contributed by atoms with Crippen molar-refractivity contribution < 1.29 is 19.1 Å². The van der Waals surface area contributed by atoms with Crippen molar-refractivity contribution in [2.45, 2.75) is 6.92 Å². The predicted octanol–water partition coefficient (Wildman–Crippen LogP) is 5.48. The molecule has 0 saturated carbocycles. The number of ether oxygens (including phenoxy) is 2. The van der Waals surface area contributed by atoms with Crippen LogP contribution in [0.2, 0.25) is 5.02 Å². The summed E-state index contributed by atoms with van der Waals surface area (Å²) in [4.78, 5) is 24.7. The van der Waals surface area contributed by atoms with Gasteiger partial charge in [-0.2, -0.15) is 5.10 Å². The average molecular weight is 502 g/mol. The van der Waals surface area contributed by atoms with Gasteiger partial charge in [-0.15, -0.1) is 0 Å². The fraction of sp³-hybridized carbons (Fsp3) is 0.0870. The van der Waals surface area contributed by atoms with Crippen molar-refractivity contribution in [3.63, 3.8) is 0 Å². The number of carbonyl (C=O) groups is 2. The van der Waals surface area contributed by atoms with Crippen molar-refractivity contribution in [3.05, 3.63) is 92.9 Å². The minimum atomic E-state index is -0.523. The number of hydrogen-bond acceptors (Lipinski definition) is 5. The third-order valence-electron chi connectivity index (χ3n) is 4.05. The molecule has 3 aromatic carbocycles. The number of halogens is 2. The Bertz CT molecular complexity index is 1100. The van der Waals surface area contributed by atoms with E-state index in [2.05, 4.69) is 26.5 Å². The minimum absolute atomic E-state index is 0.298. The van der Waals surface area contributed by atoms with Crippen molar-refractivity contribution in [3.8, 4) is 11.5 Å². The number of esters is 1. The molecule has 0 aliphatic heterocycles. The van der Waals surface area contributed by atoms with E-state index in [0.717, 1.165) is 4.47 Å². The van der Waals surface area contributed by atoms with E-state index in [0.29, 0.717) is 39.8 Å². The molecule has 6 nitrogen and oxygen atoms in total. The van der Waals surface area contributed by atoms with Crippen LogP contribution in [0.25, 0.3) is 0 Å². The van der Waals surface area contributed by atoms with E-state index in [1.807, 2.05) is 6.92 Å². The van der Waals surface area contributed by atoms with Crippen LogP contribution in [0.5, 0.6) is 11.5 Å². The number of nitrogens with zero attached hydrogens (tertiary/aromatic N) is 1. The molecule has 3 aromatic rings. The van der Waals surface area contributed by atoms with Gasteiger partial charge in [0, 0.05) is 20.6 Å². The Labute approximate surface area is 193 Å². The molecular formula is C23H18BrClN2O4. The molecule has 0 fully saturated rings. The Morgan fingerprint density at radius 2 is 1.71 bits per heavy atom. The SMILES string of the molecule is CCOc1ccc(C(=O)Oc2ccc(Br)cc2/C=N\NC(=O)c2ccc(Cl)cc2)cc1. The normalized spacial score (nSPS) is 10.7. The lowest BCUT2D eigenvalue weighted by molar-refractivity contribution is 0.0734. The minimum Gasteiger partial charge on any atom is -0.494 e. The highest BCUT2D eigenvalue weighted by Gasteiger charge is 2.12. The number of rotatable bonds is 7. The molecule has 0 spiro atoms. The van der Waals surface area contributed by atoms with Crippen molar-refractivity contribution in [2.24, 2.45) is 5.10 Å². The highest BCUT2D eigenvalue weighted by molar-refractivity contribution is 9.10. The number of carbonyl (C=O) groups excluding carboxylic acids is 2. The number of hydrazone groups is 1. The summed E-state index contributed by atoms with van der Waals surface area (Å²) in [5, 5.41) is 4.50. The van der Waals surface area contributed by atoms with Gasteiger partial charge in [0.2, 0.25) is 0 Å². The van der Waals surface area contributed by atoms with Crippen LogP contribution >= 0.6 is 27.5 Å². The van der Waals surface area contributed by atoms with Gasteiger partial charge in [0.25, 0.3) is 5.91 Å². The standard InChI is InChI=1S/C23H18BrClN2O4/c1-2-30-20-10-5-16(6-11-20)23(29)31-21-12-7-18(24)13-17(21)14-26-27-22(28)15-3-8-19(25)9-4-15/h3-14H,2H2,1H3,(H,27,28)/b26-14-. The van der Waals surface area contributed by atoms with Crippen LogP contribution in [0.15, 0.2) is 76.3 Å². The van der Waals surface area contributed by atoms with Gasteiger partial charge in [-0.25, -0.2) is 10.2 Å². The van der Waals surface area contributed by atoms with Gasteiger partial charge in [-0.3, -0.25) is 4.79 Å². The number of amides is 1. The van der Waals surface area contributed by atoms with Crippen molar-refractivity contribution in [2.75, 3.05) is 6.61 Å². The van der Waals surface area contributed by atoms with Gasteiger partial charge in [0.15, 0.2) is 0 Å². The summed E-state index contributed by atoms with van der Waals surface area (Å²) < 4.78 is 11.7. The zero-order valence-electron chi connectivity index (χ0n) is 16.5. The molecule has 8 heteroatoms. The molecule has 1 amide bonds. The Kier molecular flexibility index (Phi) is 7.81. The smallest absolute Gasteiger partial charge is 0.343 e. The molecule has 0 radical (unpaired) electrons. The average Bonchev–Trinajstić information content (AvgIpc) is 2.76. The second-order valence-corrected chi connectivity index (χ2v) is 7.59. The monoisotopic (exact) mass is 500 g/mol. The van der Waals surface area contributed by atoms with Crippen LogP contribution in [0.3, 0.4) is 0 Å². The molecule has 31 heavy (non-hydrogen) atoms. The lowest BCUT2D eigenvalue weighted by Gasteiger charge is -2.09. The van der Waals surface area contributed by atoms with Crippen molar-refractivity contribution >= 4 is 45.6 Å². The van der Waals surface area contributed by atoms with Crippen LogP contribution in [0, 0.1) is 0 Å². The highest BCUT2D eigenvalue weighted by Crippen LogP contribution is 2.23. The maximum absolute atomic E-state index is 12.5. The summed E-state index contributed by atoms with van der Waals surface area (Å²) in [6.45, 7) is 2.43. The molecule has 0 saturated heterocycles. The van der Waals surface area contributed by atoms with Crippen LogP contribution < -0.4 is 14.9 Å². The molecule has 0 aliphatic rings. The molecule has 0 heterocycles. The lowest BCUT2D eigenvalue weighted by Crippen LogP contribution is -2.17. The summed E-state index contributed by atoms with van der Waals surface area (Å²) in [6, 6.07) is 18.2. The Hall–Kier alpha value is -3.16. The van der Waals surface area contributed by atoms with E-state index in [1.165, 1.54) is 6.21 Å². The lowest BCUT2D eigenvalue weighted by atomic mass is 10.2. The highest BCUT2D eigenvalue weighted by atomic mass is 79.9. The molecule has 0 aliphatic carbocycles. The van der Waals surface area contributed by atoms with E-state index in [1.54, 1.807) is 66.7 Å². The van der Waals surface area contributed by atoms with Crippen LogP contribution in [-0.4, -0.2) is 24.7 Å². The van der Waals surface area contributed by atoms with Crippen LogP contribution in [0.4, 0.5) is 0 Å². The first kappa shape index (κ1) is 22.5. The quantitative estimate of drug-likeness (QED) is 0.201. The van der Waals surface area contributed by atoms with E-state index in [9.17, 15) is 9.59 Å². The van der Waals surface area contributed by atoms with Gasteiger partial charge >= 0.3 is 5.97 Å². The fourth-order valence-electron chi connectivity index (χ4n) is 2.55. The number of nitrogens with one attached hydrogen (secondary N) is 1. The molecular weight excluding hydrogens is 484 g/mol. The molecule has 0 unspecified atom stereocenters. The largest absolute Gasteiger partial charge is 0.494 e. The van der Waals surface area contributed by atoms with Crippen molar-refractivity contribution in [1.82, 2.24) is 5.43 Å². The second-order valence-electron chi connectivity index (χ2n) is 6.24. The van der Waals surface area contributed by atoms with Gasteiger partial charge < -0.3 is 9.47 Å². The van der Waals surface area contributed by atoms with Crippen molar-refractivity contribution in [1.29, 1.82) is 0 Å². The Balaban J connectivity index is 1.71. The van der Waals surface area contributed by atoms with Gasteiger partial charge in [-0.05, 0) is 73.7 Å². The third kappa shape index (κ3) is 6.41. The van der Waals surface area contributed by atoms with Gasteiger partial charge in [0.05, 0.1) is 18.4 Å². The Morgan fingerprint density at radius 1 is 1.03 bits per heavy atom. The molecule has 0 bridgehead atoms. The summed E-state index contributed by atoms with van der Waals surface area (Å²) in [7, 11) is 0. The first-order valence-corrected chi connectivity index (χ1v) is 10.5. The number of hydrogen-bond donors (Lipinski definition) is 1. The number of benzene rings is 3. The van der Waals surface area contributed by atoms with E-state index in [-0.39, 0.29) is 0 Å². The van der Waals surface area contributed by atoms with Gasteiger partial charge in [0.1, 0.15) is 11.5 Å². The first-order valence-electron chi connectivity index (χ1n) is 9.30. The summed E-state index contributed by atoms with van der Waals surface area (Å²) >= 11 is 9.21. The molecule has 0 aromatic heterocycles. The molecule has 1 N–H and O–H groups in total. The topological polar surface area (TPSA) is 77.0 Å². The predicted molar refractivity (Wildman–Crippen MR) is 123 cm³/mol.